The average molecular weight is 281 g/mol. The fourth-order valence-corrected chi connectivity index (χ4v) is 2.61. The standard InChI is InChI=1S/C18H23N3/c1-6-14-9-15(7-2)18(16(8-3)10-14)17-12-21(20-19-17)11-13(4)5/h1,9-10,12-13H,7-8,11H2,2-5H3. The Morgan fingerprint density at radius 1 is 1.19 bits per heavy atom. The van der Waals surface area contributed by atoms with Gasteiger partial charge in [0.25, 0.3) is 0 Å². The molecule has 0 unspecified atom stereocenters. The van der Waals surface area contributed by atoms with Crippen LogP contribution in [-0.2, 0) is 19.4 Å². The van der Waals surface area contributed by atoms with Crippen LogP contribution in [0, 0.1) is 18.3 Å². The highest BCUT2D eigenvalue weighted by Gasteiger charge is 2.14. The second-order valence-corrected chi connectivity index (χ2v) is 5.74. The minimum Gasteiger partial charge on any atom is -0.252 e. The second-order valence-electron chi connectivity index (χ2n) is 5.74. The molecular weight excluding hydrogens is 258 g/mol. The quantitative estimate of drug-likeness (QED) is 0.782. The third kappa shape index (κ3) is 3.33. The molecule has 1 aromatic heterocycles. The van der Waals surface area contributed by atoms with E-state index >= 15 is 0 Å². The summed E-state index contributed by atoms with van der Waals surface area (Å²) in [6, 6.07) is 4.19. The summed E-state index contributed by atoms with van der Waals surface area (Å²) < 4.78 is 1.92. The normalized spacial score (nSPS) is 10.9. The molecule has 0 N–H and O–H groups in total. The molecule has 0 fully saturated rings. The van der Waals surface area contributed by atoms with E-state index in [9.17, 15) is 0 Å². The molecule has 0 radical (unpaired) electrons. The zero-order chi connectivity index (χ0) is 15.4. The van der Waals surface area contributed by atoms with E-state index in [1.54, 1.807) is 0 Å². The lowest BCUT2D eigenvalue weighted by Gasteiger charge is -2.12. The first-order valence-electron chi connectivity index (χ1n) is 7.61. The number of hydrogen-bond donors (Lipinski definition) is 0. The van der Waals surface area contributed by atoms with Crippen molar-refractivity contribution in [1.82, 2.24) is 15.0 Å². The van der Waals surface area contributed by atoms with Gasteiger partial charge in [-0.1, -0.05) is 38.8 Å². The van der Waals surface area contributed by atoms with Crippen molar-refractivity contribution in [2.24, 2.45) is 5.92 Å². The minimum atomic E-state index is 0.555. The van der Waals surface area contributed by atoms with Crippen LogP contribution < -0.4 is 0 Å². The Balaban J connectivity index is 2.52. The van der Waals surface area contributed by atoms with Crippen molar-refractivity contribution in [3.05, 3.63) is 35.0 Å². The highest BCUT2D eigenvalue weighted by molar-refractivity contribution is 5.69. The van der Waals surface area contributed by atoms with Gasteiger partial charge in [-0.05, 0) is 42.0 Å². The number of rotatable bonds is 5. The van der Waals surface area contributed by atoms with Gasteiger partial charge in [0.15, 0.2) is 0 Å². The number of aromatic nitrogens is 3. The van der Waals surface area contributed by atoms with Gasteiger partial charge in [0.05, 0.1) is 6.20 Å². The predicted molar refractivity (Wildman–Crippen MR) is 87.0 cm³/mol. The van der Waals surface area contributed by atoms with Crippen LogP contribution in [0.2, 0.25) is 0 Å². The SMILES string of the molecule is C#Cc1cc(CC)c(-c2cn(CC(C)C)nn2)c(CC)c1. The van der Waals surface area contributed by atoms with Crippen molar-refractivity contribution in [2.75, 3.05) is 0 Å². The molecule has 0 saturated heterocycles. The molecule has 1 aromatic carbocycles. The van der Waals surface area contributed by atoms with Crippen molar-refractivity contribution in [3.63, 3.8) is 0 Å². The Bertz CT molecular complexity index is 634. The summed E-state index contributed by atoms with van der Waals surface area (Å²) in [6.45, 7) is 9.54. The lowest BCUT2D eigenvalue weighted by atomic mass is 9.93. The van der Waals surface area contributed by atoms with Gasteiger partial charge >= 0.3 is 0 Å². The van der Waals surface area contributed by atoms with E-state index in [2.05, 4.69) is 56.1 Å². The zero-order valence-corrected chi connectivity index (χ0v) is 13.3. The van der Waals surface area contributed by atoms with E-state index in [4.69, 9.17) is 6.42 Å². The summed E-state index contributed by atoms with van der Waals surface area (Å²) in [5.74, 6) is 3.30. The molecule has 110 valence electrons. The van der Waals surface area contributed by atoms with Crippen molar-refractivity contribution in [1.29, 1.82) is 0 Å². The van der Waals surface area contributed by atoms with Crippen molar-refractivity contribution in [2.45, 2.75) is 47.1 Å². The molecule has 3 nitrogen and oxygen atoms in total. The van der Waals surface area contributed by atoms with Gasteiger partial charge in [0, 0.05) is 17.7 Å². The molecule has 0 amide bonds. The molecule has 0 spiro atoms. The average Bonchev–Trinajstić information content (AvgIpc) is 2.92. The zero-order valence-electron chi connectivity index (χ0n) is 13.3. The van der Waals surface area contributed by atoms with Gasteiger partial charge in [-0.25, -0.2) is 0 Å². The number of terminal acetylenes is 1. The topological polar surface area (TPSA) is 30.7 Å². The van der Waals surface area contributed by atoms with Crippen LogP contribution in [0.15, 0.2) is 18.3 Å². The van der Waals surface area contributed by atoms with E-state index in [1.165, 1.54) is 16.7 Å². The summed E-state index contributed by atoms with van der Waals surface area (Å²) in [7, 11) is 0. The molecule has 0 atom stereocenters. The van der Waals surface area contributed by atoms with Crippen molar-refractivity contribution < 1.29 is 0 Å². The van der Waals surface area contributed by atoms with Gasteiger partial charge in [0.1, 0.15) is 5.69 Å². The first-order chi connectivity index (χ1) is 10.1. The smallest absolute Gasteiger partial charge is 0.113 e. The van der Waals surface area contributed by atoms with Crippen LogP contribution in [0.5, 0.6) is 0 Å². The molecule has 3 heteroatoms. The van der Waals surface area contributed by atoms with E-state index in [1.807, 2.05) is 10.9 Å². The number of hydrogen-bond acceptors (Lipinski definition) is 2. The van der Waals surface area contributed by atoms with Gasteiger partial charge in [-0.2, -0.15) is 0 Å². The van der Waals surface area contributed by atoms with Crippen LogP contribution in [-0.4, -0.2) is 15.0 Å². The minimum absolute atomic E-state index is 0.555. The van der Waals surface area contributed by atoms with Crippen LogP contribution in [0.25, 0.3) is 11.3 Å². The molecule has 1 heterocycles. The summed E-state index contributed by atoms with van der Waals surface area (Å²) in [6.07, 6.45) is 9.49. The van der Waals surface area contributed by atoms with Crippen molar-refractivity contribution in [3.8, 4) is 23.6 Å². The Labute approximate surface area is 127 Å². The van der Waals surface area contributed by atoms with Crippen LogP contribution in [0.4, 0.5) is 0 Å². The number of aryl methyl sites for hydroxylation is 2. The molecule has 0 aliphatic rings. The number of benzene rings is 1. The van der Waals surface area contributed by atoms with E-state index < -0.39 is 0 Å². The highest BCUT2D eigenvalue weighted by Crippen LogP contribution is 2.28. The molecule has 2 aromatic rings. The van der Waals surface area contributed by atoms with E-state index in [0.29, 0.717) is 5.92 Å². The Hall–Kier alpha value is -2.08. The third-order valence-corrected chi connectivity index (χ3v) is 3.58. The van der Waals surface area contributed by atoms with Gasteiger partial charge < -0.3 is 0 Å². The molecule has 2 rings (SSSR count). The number of nitrogens with zero attached hydrogens (tertiary/aromatic N) is 3. The molecule has 0 bridgehead atoms. The largest absolute Gasteiger partial charge is 0.252 e. The maximum atomic E-state index is 5.56. The lowest BCUT2D eigenvalue weighted by Crippen LogP contribution is -2.04. The Kier molecular flexibility index (Phi) is 4.80. The summed E-state index contributed by atoms with van der Waals surface area (Å²) in [5, 5.41) is 8.63. The Morgan fingerprint density at radius 3 is 2.29 bits per heavy atom. The van der Waals surface area contributed by atoms with E-state index in [-0.39, 0.29) is 0 Å². The molecule has 21 heavy (non-hydrogen) atoms. The Morgan fingerprint density at radius 2 is 1.81 bits per heavy atom. The van der Waals surface area contributed by atoms with Gasteiger partial charge in [-0.15, -0.1) is 11.5 Å². The van der Waals surface area contributed by atoms with Gasteiger partial charge in [0.2, 0.25) is 0 Å². The fourth-order valence-electron chi connectivity index (χ4n) is 2.61. The maximum Gasteiger partial charge on any atom is 0.113 e. The monoisotopic (exact) mass is 281 g/mol. The molecule has 0 aliphatic carbocycles. The summed E-state index contributed by atoms with van der Waals surface area (Å²) in [4.78, 5) is 0. The van der Waals surface area contributed by atoms with E-state index in [0.717, 1.165) is 30.6 Å². The molecule has 0 aliphatic heterocycles. The summed E-state index contributed by atoms with van der Waals surface area (Å²) >= 11 is 0. The first-order valence-corrected chi connectivity index (χ1v) is 7.61. The van der Waals surface area contributed by atoms with Gasteiger partial charge in [-0.3, -0.25) is 4.68 Å². The third-order valence-electron chi connectivity index (χ3n) is 3.58. The van der Waals surface area contributed by atoms with Crippen LogP contribution in [0.3, 0.4) is 0 Å². The molecule has 0 saturated carbocycles. The maximum absolute atomic E-state index is 5.56. The fraction of sp³-hybridized carbons (Fsp3) is 0.444. The highest BCUT2D eigenvalue weighted by atomic mass is 15.4. The predicted octanol–water partition coefficient (Wildman–Crippen LogP) is 3.71. The van der Waals surface area contributed by atoms with Crippen LogP contribution >= 0.6 is 0 Å². The first kappa shape index (κ1) is 15.3. The molecular formula is C18H23N3. The lowest BCUT2D eigenvalue weighted by molar-refractivity contribution is 0.472. The summed E-state index contributed by atoms with van der Waals surface area (Å²) in [5.41, 5.74) is 5.60. The van der Waals surface area contributed by atoms with Crippen molar-refractivity contribution >= 4 is 0 Å². The second kappa shape index (κ2) is 6.58. The van der Waals surface area contributed by atoms with Crippen LogP contribution in [0.1, 0.15) is 44.4 Å².